The number of benzene rings is 1. The predicted molar refractivity (Wildman–Crippen MR) is 68.7 cm³/mol. The van der Waals surface area contributed by atoms with Gasteiger partial charge in [-0.3, -0.25) is 9.59 Å². The van der Waals surface area contributed by atoms with Crippen molar-refractivity contribution >= 4 is 46.1 Å². The molecule has 0 saturated carbocycles. The number of amides is 1. The van der Waals surface area contributed by atoms with Crippen LogP contribution in [0.3, 0.4) is 0 Å². The third-order valence-corrected chi connectivity index (χ3v) is 3.47. The van der Waals surface area contributed by atoms with Gasteiger partial charge >= 0.3 is 5.97 Å². The SMILES string of the molecule is C[C@H](NC(=O)c1ccc(I)c(Cl)c1)C(=O)O. The number of hydrogen-bond acceptors (Lipinski definition) is 2. The Kier molecular flexibility index (Phi) is 4.55. The molecular weight excluding hydrogens is 344 g/mol. The fourth-order valence-corrected chi connectivity index (χ4v) is 1.50. The molecule has 1 amide bonds. The van der Waals surface area contributed by atoms with E-state index >= 15 is 0 Å². The smallest absolute Gasteiger partial charge is 0.325 e. The van der Waals surface area contributed by atoms with Crippen molar-refractivity contribution in [2.24, 2.45) is 0 Å². The molecular formula is C10H9ClINO3. The molecule has 0 radical (unpaired) electrons. The summed E-state index contributed by atoms with van der Waals surface area (Å²) in [6.45, 7) is 1.40. The highest BCUT2D eigenvalue weighted by Gasteiger charge is 2.15. The van der Waals surface area contributed by atoms with Crippen LogP contribution in [0.5, 0.6) is 0 Å². The number of carboxylic acid groups (broad SMARTS) is 1. The normalized spacial score (nSPS) is 11.9. The van der Waals surface area contributed by atoms with E-state index in [2.05, 4.69) is 5.32 Å². The Bertz CT molecular complexity index is 436. The zero-order valence-electron chi connectivity index (χ0n) is 8.33. The van der Waals surface area contributed by atoms with Crippen LogP contribution < -0.4 is 5.32 Å². The lowest BCUT2D eigenvalue weighted by molar-refractivity contribution is -0.138. The number of rotatable bonds is 3. The van der Waals surface area contributed by atoms with Crippen LogP contribution in [0, 0.1) is 3.57 Å². The zero-order chi connectivity index (χ0) is 12.3. The predicted octanol–water partition coefficient (Wildman–Crippen LogP) is 2.15. The van der Waals surface area contributed by atoms with Crippen molar-refractivity contribution in [3.05, 3.63) is 32.4 Å². The molecule has 0 aliphatic carbocycles. The van der Waals surface area contributed by atoms with Crippen molar-refractivity contribution in [3.63, 3.8) is 0 Å². The van der Waals surface area contributed by atoms with Crippen molar-refractivity contribution < 1.29 is 14.7 Å². The lowest BCUT2D eigenvalue weighted by Gasteiger charge is -2.09. The standard InChI is InChI=1S/C10H9ClINO3/c1-5(10(15)16)13-9(14)6-2-3-8(12)7(11)4-6/h2-5H,1H3,(H,13,14)(H,15,16)/t5-/m0/s1. The first-order valence-electron chi connectivity index (χ1n) is 4.40. The van der Waals surface area contributed by atoms with Crippen LogP contribution in [-0.4, -0.2) is 23.0 Å². The first kappa shape index (κ1) is 13.2. The molecule has 0 saturated heterocycles. The average molecular weight is 354 g/mol. The Morgan fingerprint density at radius 2 is 2.12 bits per heavy atom. The molecule has 1 aromatic carbocycles. The highest BCUT2D eigenvalue weighted by atomic mass is 127. The van der Waals surface area contributed by atoms with Gasteiger partial charge in [-0.05, 0) is 47.7 Å². The van der Waals surface area contributed by atoms with E-state index < -0.39 is 17.9 Å². The number of aliphatic carboxylic acids is 1. The van der Waals surface area contributed by atoms with Crippen LogP contribution >= 0.6 is 34.2 Å². The fraction of sp³-hybridized carbons (Fsp3) is 0.200. The van der Waals surface area contributed by atoms with Crippen LogP contribution in [0.25, 0.3) is 0 Å². The fourth-order valence-electron chi connectivity index (χ4n) is 0.979. The highest BCUT2D eigenvalue weighted by molar-refractivity contribution is 14.1. The number of halogens is 2. The molecule has 2 N–H and O–H groups in total. The van der Waals surface area contributed by atoms with Gasteiger partial charge in [0.1, 0.15) is 6.04 Å². The van der Waals surface area contributed by atoms with Crippen molar-refractivity contribution in [1.29, 1.82) is 0 Å². The number of carbonyl (C=O) groups excluding carboxylic acids is 1. The van der Waals surface area contributed by atoms with Crippen molar-refractivity contribution in [1.82, 2.24) is 5.32 Å². The largest absolute Gasteiger partial charge is 0.480 e. The van der Waals surface area contributed by atoms with E-state index in [0.29, 0.717) is 10.6 Å². The second-order valence-corrected chi connectivity index (χ2v) is 4.73. The topological polar surface area (TPSA) is 66.4 Å². The maximum Gasteiger partial charge on any atom is 0.325 e. The molecule has 1 rings (SSSR count). The first-order valence-corrected chi connectivity index (χ1v) is 5.86. The number of carbonyl (C=O) groups is 2. The lowest BCUT2D eigenvalue weighted by Crippen LogP contribution is -2.38. The van der Waals surface area contributed by atoms with Gasteiger partial charge in [-0.2, -0.15) is 0 Å². The summed E-state index contributed by atoms with van der Waals surface area (Å²) in [6.07, 6.45) is 0. The zero-order valence-corrected chi connectivity index (χ0v) is 11.2. The Balaban J connectivity index is 2.81. The van der Waals surface area contributed by atoms with Gasteiger partial charge in [0.25, 0.3) is 5.91 Å². The molecule has 0 bridgehead atoms. The monoisotopic (exact) mass is 353 g/mol. The minimum atomic E-state index is -1.08. The first-order chi connectivity index (χ1) is 7.41. The molecule has 0 fully saturated rings. The van der Waals surface area contributed by atoms with Crippen LogP contribution in [-0.2, 0) is 4.79 Å². The van der Waals surface area contributed by atoms with Gasteiger partial charge in [0.05, 0.1) is 5.02 Å². The summed E-state index contributed by atoms with van der Waals surface area (Å²) in [5.41, 5.74) is 0.346. The van der Waals surface area contributed by atoms with E-state index in [0.717, 1.165) is 3.57 Å². The Morgan fingerprint density at radius 1 is 1.50 bits per heavy atom. The molecule has 16 heavy (non-hydrogen) atoms. The van der Waals surface area contributed by atoms with E-state index in [1.54, 1.807) is 12.1 Å². The number of hydrogen-bond donors (Lipinski definition) is 2. The molecule has 0 spiro atoms. The van der Waals surface area contributed by atoms with Crippen molar-refractivity contribution in [2.75, 3.05) is 0 Å². The summed E-state index contributed by atoms with van der Waals surface area (Å²) in [7, 11) is 0. The van der Waals surface area contributed by atoms with Crippen LogP contribution in [0.1, 0.15) is 17.3 Å². The molecule has 0 aliphatic rings. The number of carboxylic acids is 1. The lowest BCUT2D eigenvalue weighted by atomic mass is 10.2. The van der Waals surface area contributed by atoms with Gasteiger partial charge in [-0.15, -0.1) is 0 Å². The summed E-state index contributed by atoms with van der Waals surface area (Å²) < 4.78 is 0.835. The summed E-state index contributed by atoms with van der Waals surface area (Å²) in [4.78, 5) is 22.1. The summed E-state index contributed by atoms with van der Waals surface area (Å²) in [6, 6.07) is 3.87. The maximum absolute atomic E-state index is 11.6. The summed E-state index contributed by atoms with van der Waals surface area (Å²) in [5.74, 6) is -1.53. The van der Waals surface area contributed by atoms with Gasteiger partial charge in [0, 0.05) is 9.13 Å². The minimum Gasteiger partial charge on any atom is -0.480 e. The maximum atomic E-state index is 11.6. The van der Waals surface area contributed by atoms with E-state index in [1.807, 2.05) is 22.6 Å². The van der Waals surface area contributed by atoms with Gasteiger partial charge in [0.15, 0.2) is 0 Å². The average Bonchev–Trinajstić information content (AvgIpc) is 2.21. The van der Waals surface area contributed by atoms with Gasteiger partial charge < -0.3 is 10.4 Å². The molecule has 0 heterocycles. The van der Waals surface area contributed by atoms with Crippen molar-refractivity contribution in [3.8, 4) is 0 Å². The Hall–Kier alpha value is -0.820. The molecule has 6 heteroatoms. The van der Waals surface area contributed by atoms with E-state index in [4.69, 9.17) is 16.7 Å². The molecule has 0 aliphatic heterocycles. The second-order valence-electron chi connectivity index (χ2n) is 3.16. The third kappa shape index (κ3) is 3.34. The van der Waals surface area contributed by atoms with Gasteiger partial charge in [-0.1, -0.05) is 11.6 Å². The molecule has 0 aromatic heterocycles. The Labute approximate surface area is 111 Å². The van der Waals surface area contributed by atoms with Crippen molar-refractivity contribution in [2.45, 2.75) is 13.0 Å². The summed E-state index contributed by atoms with van der Waals surface area (Å²) >= 11 is 7.90. The van der Waals surface area contributed by atoms with Crippen LogP contribution in [0.15, 0.2) is 18.2 Å². The van der Waals surface area contributed by atoms with E-state index in [1.165, 1.54) is 13.0 Å². The Morgan fingerprint density at radius 3 is 2.62 bits per heavy atom. The number of nitrogens with one attached hydrogen (secondary N) is 1. The molecule has 86 valence electrons. The molecule has 4 nitrogen and oxygen atoms in total. The van der Waals surface area contributed by atoms with E-state index in [-0.39, 0.29) is 0 Å². The molecule has 1 atom stereocenters. The van der Waals surface area contributed by atoms with Crippen LogP contribution in [0.2, 0.25) is 5.02 Å². The van der Waals surface area contributed by atoms with Gasteiger partial charge in [-0.25, -0.2) is 0 Å². The molecule has 0 unspecified atom stereocenters. The van der Waals surface area contributed by atoms with Crippen LogP contribution in [0.4, 0.5) is 0 Å². The van der Waals surface area contributed by atoms with Gasteiger partial charge in [0.2, 0.25) is 0 Å². The third-order valence-electron chi connectivity index (χ3n) is 1.90. The summed E-state index contributed by atoms with van der Waals surface area (Å²) in [5, 5.41) is 11.4. The minimum absolute atomic E-state index is 0.346. The van der Waals surface area contributed by atoms with E-state index in [9.17, 15) is 9.59 Å². The molecule has 1 aromatic rings. The second kappa shape index (κ2) is 5.49. The quantitative estimate of drug-likeness (QED) is 0.818. The highest BCUT2D eigenvalue weighted by Crippen LogP contribution is 2.19.